The Balaban J connectivity index is 1.72. The van der Waals surface area contributed by atoms with E-state index in [1.165, 1.54) is 23.2 Å². The van der Waals surface area contributed by atoms with Gasteiger partial charge in [0.25, 0.3) is 5.91 Å². The molecule has 0 aliphatic carbocycles. The molecule has 26 heavy (non-hydrogen) atoms. The van der Waals surface area contributed by atoms with Crippen LogP contribution in [0.1, 0.15) is 21.8 Å². The normalized spacial score (nSPS) is 11.6. The maximum Gasteiger partial charge on any atom is 0.435 e. The van der Waals surface area contributed by atoms with Gasteiger partial charge in [-0.05, 0) is 58.4 Å². The van der Waals surface area contributed by atoms with Gasteiger partial charge in [0.1, 0.15) is 5.76 Å². The van der Waals surface area contributed by atoms with E-state index >= 15 is 0 Å². The number of amides is 1. The summed E-state index contributed by atoms with van der Waals surface area (Å²) in [7, 11) is 1.63. The molecule has 3 rings (SSSR count). The number of hydrogen-bond donors (Lipinski definition) is 0. The predicted molar refractivity (Wildman–Crippen MR) is 90.8 cm³/mol. The lowest BCUT2D eigenvalue weighted by Crippen LogP contribution is -2.25. The Kier molecular flexibility index (Phi) is 4.90. The molecule has 136 valence electrons. The number of rotatable bonds is 4. The lowest BCUT2D eigenvalue weighted by atomic mass is 10.2. The Morgan fingerprint density at radius 2 is 1.88 bits per heavy atom. The van der Waals surface area contributed by atoms with Crippen LogP contribution in [0.2, 0.25) is 0 Å². The van der Waals surface area contributed by atoms with Gasteiger partial charge in [-0.2, -0.15) is 18.3 Å². The van der Waals surface area contributed by atoms with E-state index in [1.54, 1.807) is 31.3 Å². The summed E-state index contributed by atoms with van der Waals surface area (Å²) < 4.78 is 44.9. The van der Waals surface area contributed by atoms with Crippen molar-refractivity contribution < 1.29 is 22.4 Å². The Labute approximate surface area is 155 Å². The van der Waals surface area contributed by atoms with Crippen molar-refractivity contribution in [2.75, 3.05) is 7.05 Å². The van der Waals surface area contributed by atoms with Crippen molar-refractivity contribution in [3.8, 4) is 5.69 Å². The summed E-state index contributed by atoms with van der Waals surface area (Å²) >= 11 is 3.20. The van der Waals surface area contributed by atoms with Crippen LogP contribution in [0, 0.1) is 0 Å². The Bertz CT molecular complexity index is 916. The van der Waals surface area contributed by atoms with Crippen LogP contribution in [0.25, 0.3) is 5.69 Å². The summed E-state index contributed by atoms with van der Waals surface area (Å²) in [6.07, 6.45) is -3.27. The lowest BCUT2D eigenvalue weighted by molar-refractivity contribution is -0.141. The molecular formula is C17H13BrF3N3O2. The molecule has 0 bridgehead atoms. The van der Waals surface area contributed by atoms with Gasteiger partial charge in [0, 0.05) is 18.8 Å². The highest BCUT2D eigenvalue weighted by atomic mass is 79.9. The molecule has 0 spiro atoms. The zero-order valence-electron chi connectivity index (χ0n) is 13.5. The molecule has 0 aliphatic heterocycles. The van der Waals surface area contributed by atoms with Gasteiger partial charge >= 0.3 is 6.18 Å². The fourth-order valence-electron chi connectivity index (χ4n) is 2.34. The Hall–Kier alpha value is -2.55. The second-order valence-corrected chi connectivity index (χ2v) is 6.34. The minimum atomic E-state index is -4.50. The largest absolute Gasteiger partial charge is 0.452 e. The van der Waals surface area contributed by atoms with E-state index in [9.17, 15) is 18.0 Å². The zero-order chi connectivity index (χ0) is 18.9. The molecule has 0 atom stereocenters. The quantitative estimate of drug-likeness (QED) is 0.614. The molecule has 0 N–H and O–H groups in total. The molecule has 9 heteroatoms. The van der Waals surface area contributed by atoms with Crippen LogP contribution < -0.4 is 0 Å². The molecule has 0 saturated heterocycles. The third kappa shape index (κ3) is 3.98. The molecular weight excluding hydrogens is 415 g/mol. The zero-order valence-corrected chi connectivity index (χ0v) is 15.1. The Morgan fingerprint density at radius 1 is 1.19 bits per heavy atom. The van der Waals surface area contributed by atoms with Crippen LogP contribution >= 0.6 is 15.9 Å². The molecule has 5 nitrogen and oxygen atoms in total. The van der Waals surface area contributed by atoms with Gasteiger partial charge in [-0.3, -0.25) is 4.79 Å². The summed E-state index contributed by atoms with van der Waals surface area (Å²) in [5.74, 6) is 0.390. The first kappa shape index (κ1) is 18.2. The van der Waals surface area contributed by atoms with E-state index in [4.69, 9.17) is 4.42 Å². The van der Waals surface area contributed by atoms with Gasteiger partial charge in [0.2, 0.25) is 0 Å². The van der Waals surface area contributed by atoms with Crippen molar-refractivity contribution in [3.05, 3.63) is 70.3 Å². The van der Waals surface area contributed by atoms with Crippen LogP contribution in [-0.2, 0) is 12.7 Å². The molecule has 0 fully saturated rings. The summed E-state index contributed by atoms with van der Waals surface area (Å²) in [6, 6.07) is 10.6. The maximum absolute atomic E-state index is 12.6. The monoisotopic (exact) mass is 427 g/mol. The number of alkyl halides is 3. The number of hydrogen-bond acceptors (Lipinski definition) is 3. The molecule has 1 aromatic carbocycles. The number of carbonyl (C=O) groups is 1. The highest BCUT2D eigenvalue weighted by Gasteiger charge is 2.33. The second kappa shape index (κ2) is 6.99. The Morgan fingerprint density at radius 3 is 2.42 bits per heavy atom. The van der Waals surface area contributed by atoms with E-state index in [1.807, 2.05) is 0 Å². The van der Waals surface area contributed by atoms with Gasteiger partial charge in [0.05, 0.1) is 12.2 Å². The van der Waals surface area contributed by atoms with Crippen LogP contribution in [0.5, 0.6) is 0 Å². The van der Waals surface area contributed by atoms with Crippen molar-refractivity contribution in [1.82, 2.24) is 14.7 Å². The molecule has 0 aliphatic rings. The van der Waals surface area contributed by atoms with Gasteiger partial charge in [-0.1, -0.05) is 0 Å². The van der Waals surface area contributed by atoms with Crippen molar-refractivity contribution in [2.24, 2.45) is 0 Å². The van der Waals surface area contributed by atoms with Crippen LogP contribution in [0.3, 0.4) is 0 Å². The van der Waals surface area contributed by atoms with E-state index in [0.29, 0.717) is 28.2 Å². The summed E-state index contributed by atoms with van der Waals surface area (Å²) in [5.41, 5.74) is -0.137. The molecule has 0 radical (unpaired) electrons. The highest BCUT2D eigenvalue weighted by Crippen LogP contribution is 2.28. The van der Waals surface area contributed by atoms with Gasteiger partial charge < -0.3 is 9.32 Å². The van der Waals surface area contributed by atoms with Crippen molar-refractivity contribution in [1.29, 1.82) is 0 Å². The molecule has 2 aromatic heterocycles. The van der Waals surface area contributed by atoms with Crippen molar-refractivity contribution >= 4 is 21.8 Å². The van der Waals surface area contributed by atoms with E-state index in [2.05, 4.69) is 21.0 Å². The number of carbonyl (C=O) groups excluding carboxylic acids is 1. The number of aromatic nitrogens is 2. The van der Waals surface area contributed by atoms with Crippen LogP contribution in [-0.4, -0.2) is 27.6 Å². The van der Waals surface area contributed by atoms with E-state index < -0.39 is 11.9 Å². The fourth-order valence-corrected chi connectivity index (χ4v) is 2.68. The third-order valence-corrected chi connectivity index (χ3v) is 4.05. The number of benzene rings is 1. The minimum absolute atomic E-state index is 0.236. The summed E-state index contributed by atoms with van der Waals surface area (Å²) in [4.78, 5) is 13.9. The summed E-state index contributed by atoms with van der Waals surface area (Å²) in [6.45, 7) is 0.292. The smallest absolute Gasteiger partial charge is 0.435 e. The lowest BCUT2D eigenvalue weighted by Gasteiger charge is -2.16. The third-order valence-electron chi connectivity index (χ3n) is 3.63. The van der Waals surface area contributed by atoms with Crippen LogP contribution in [0.4, 0.5) is 13.2 Å². The molecule has 2 heterocycles. The average molecular weight is 428 g/mol. The van der Waals surface area contributed by atoms with Gasteiger partial charge in [-0.25, -0.2) is 4.68 Å². The standard InChI is InChI=1S/C17H13BrF3N3O2/c1-23(10-13-6-7-15(18)26-13)16(25)11-2-4-12(5-3-11)24-9-8-14(22-24)17(19,20)21/h2-9H,10H2,1H3. The van der Waals surface area contributed by atoms with E-state index in [0.717, 1.165) is 10.7 Å². The van der Waals surface area contributed by atoms with Gasteiger partial charge in [0.15, 0.2) is 10.4 Å². The molecule has 0 saturated carbocycles. The van der Waals surface area contributed by atoms with E-state index in [-0.39, 0.29) is 5.91 Å². The average Bonchev–Trinajstić information content (AvgIpc) is 3.23. The molecule has 1 amide bonds. The fraction of sp³-hybridized carbons (Fsp3) is 0.176. The van der Waals surface area contributed by atoms with Crippen LogP contribution in [0.15, 0.2) is 57.7 Å². The second-order valence-electron chi connectivity index (χ2n) is 5.56. The number of furan rings is 1. The van der Waals surface area contributed by atoms with Crippen molar-refractivity contribution in [3.63, 3.8) is 0 Å². The number of nitrogens with zero attached hydrogens (tertiary/aromatic N) is 3. The topological polar surface area (TPSA) is 51.3 Å². The molecule has 3 aromatic rings. The van der Waals surface area contributed by atoms with Crippen molar-refractivity contribution in [2.45, 2.75) is 12.7 Å². The first-order valence-electron chi connectivity index (χ1n) is 7.47. The highest BCUT2D eigenvalue weighted by molar-refractivity contribution is 9.10. The SMILES string of the molecule is CN(Cc1ccc(Br)o1)C(=O)c1ccc(-n2ccc(C(F)(F)F)n2)cc1. The maximum atomic E-state index is 12.6. The first-order valence-corrected chi connectivity index (χ1v) is 8.26. The molecule has 0 unspecified atom stereocenters. The van der Waals surface area contributed by atoms with Gasteiger partial charge in [-0.15, -0.1) is 0 Å². The summed E-state index contributed by atoms with van der Waals surface area (Å²) in [5, 5.41) is 3.50. The first-order chi connectivity index (χ1) is 12.2. The number of halogens is 4. The predicted octanol–water partition coefficient (Wildman–Crippen LogP) is 4.52. The minimum Gasteiger partial charge on any atom is -0.452 e.